The molecule has 1 aromatic rings. The van der Waals surface area contributed by atoms with Gasteiger partial charge in [0.05, 0.1) is 0 Å². The van der Waals surface area contributed by atoms with E-state index in [1.165, 1.54) is 0 Å². The lowest BCUT2D eigenvalue weighted by Crippen LogP contribution is -2.27. The molecule has 0 saturated carbocycles. The van der Waals surface area contributed by atoms with Gasteiger partial charge in [-0.25, -0.2) is 0 Å². The van der Waals surface area contributed by atoms with Crippen LogP contribution in [-0.4, -0.2) is 17.6 Å². The van der Waals surface area contributed by atoms with Crippen molar-refractivity contribution in [2.24, 2.45) is 0 Å². The fraction of sp³-hybridized carbons (Fsp3) is 0.500. The van der Waals surface area contributed by atoms with Crippen molar-refractivity contribution in [1.29, 1.82) is 0 Å². The molecule has 0 amide bonds. The molecule has 0 aromatic carbocycles. The lowest BCUT2D eigenvalue weighted by atomic mass is 10.2. The molecule has 1 atom stereocenters. The van der Waals surface area contributed by atoms with Crippen LogP contribution < -0.4 is 10.1 Å². The topological polar surface area (TPSA) is 34.2 Å². The van der Waals surface area contributed by atoms with Crippen LogP contribution in [0.3, 0.4) is 0 Å². The zero-order valence-electron chi connectivity index (χ0n) is 8.19. The van der Waals surface area contributed by atoms with Crippen LogP contribution in [0.15, 0.2) is 18.5 Å². The summed E-state index contributed by atoms with van der Waals surface area (Å²) in [5, 5.41) is 3.34. The summed E-state index contributed by atoms with van der Waals surface area (Å²) in [6.07, 6.45) is 4.97. The van der Waals surface area contributed by atoms with E-state index in [1.54, 1.807) is 6.20 Å². The maximum Gasteiger partial charge on any atom is 0.127 e. The second-order valence-corrected chi connectivity index (χ2v) is 3.26. The lowest BCUT2D eigenvalue weighted by molar-refractivity contribution is 0.202. The lowest BCUT2D eigenvalue weighted by Gasteiger charge is -2.14. The van der Waals surface area contributed by atoms with Gasteiger partial charge in [0.1, 0.15) is 11.9 Å². The summed E-state index contributed by atoms with van der Waals surface area (Å²) in [6, 6.07) is 1.94. The summed E-state index contributed by atoms with van der Waals surface area (Å²) in [7, 11) is 0. The fourth-order valence-corrected chi connectivity index (χ4v) is 1.48. The van der Waals surface area contributed by atoms with Gasteiger partial charge in [-0.05, 0) is 12.5 Å². The molecule has 2 heterocycles. The Morgan fingerprint density at radius 3 is 3.29 bits per heavy atom. The Morgan fingerprint density at radius 2 is 2.50 bits per heavy atom. The van der Waals surface area contributed by atoms with Crippen LogP contribution in [0.4, 0.5) is 0 Å². The van der Waals surface area contributed by atoms with Gasteiger partial charge in [-0.15, -0.1) is 12.4 Å². The third-order valence-corrected chi connectivity index (χ3v) is 2.30. The SMILES string of the molecule is CCC1CNCc2cnccc2O1.Cl. The number of pyridine rings is 1. The molecule has 0 bridgehead atoms. The number of nitrogens with one attached hydrogen (secondary N) is 1. The van der Waals surface area contributed by atoms with Gasteiger partial charge in [0.15, 0.2) is 0 Å². The first-order valence-electron chi connectivity index (χ1n) is 4.70. The highest BCUT2D eigenvalue weighted by Gasteiger charge is 2.14. The molecular weight excluding hydrogens is 200 g/mol. The molecule has 0 fully saturated rings. The maximum atomic E-state index is 5.80. The van der Waals surface area contributed by atoms with Crippen molar-refractivity contribution in [3.05, 3.63) is 24.0 Å². The van der Waals surface area contributed by atoms with Crippen LogP contribution in [0.5, 0.6) is 5.75 Å². The van der Waals surface area contributed by atoms with E-state index in [1.807, 2.05) is 12.3 Å². The Morgan fingerprint density at radius 1 is 1.64 bits per heavy atom. The van der Waals surface area contributed by atoms with Gasteiger partial charge >= 0.3 is 0 Å². The van der Waals surface area contributed by atoms with Crippen LogP contribution in [0.1, 0.15) is 18.9 Å². The minimum atomic E-state index is 0. The number of aromatic nitrogens is 1. The van der Waals surface area contributed by atoms with Crippen molar-refractivity contribution >= 4 is 12.4 Å². The van der Waals surface area contributed by atoms with Crippen molar-refractivity contribution in [3.8, 4) is 5.75 Å². The molecule has 2 rings (SSSR count). The Labute approximate surface area is 90.3 Å². The number of hydrogen-bond donors (Lipinski definition) is 1. The van der Waals surface area contributed by atoms with E-state index in [4.69, 9.17) is 4.74 Å². The summed E-state index contributed by atoms with van der Waals surface area (Å²) in [4.78, 5) is 4.07. The molecule has 1 aliphatic rings. The first kappa shape index (κ1) is 11.3. The van der Waals surface area contributed by atoms with Crippen LogP contribution in [0.25, 0.3) is 0 Å². The highest BCUT2D eigenvalue weighted by molar-refractivity contribution is 5.85. The highest BCUT2D eigenvalue weighted by Crippen LogP contribution is 2.20. The van der Waals surface area contributed by atoms with E-state index in [2.05, 4.69) is 17.2 Å². The molecule has 1 unspecified atom stereocenters. The number of nitrogens with zero attached hydrogens (tertiary/aromatic N) is 1. The zero-order valence-corrected chi connectivity index (χ0v) is 9.01. The van der Waals surface area contributed by atoms with Crippen molar-refractivity contribution in [3.63, 3.8) is 0 Å². The Kier molecular flexibility index (Phi) is 4.17. The van der Waals surface area contributed by atoms with E-state index in [9.17, 15) is 0 Å². The standard InChI is InChI=1S/C10H14N2O.ClH/c1-2-9-7-12-6-8-5-11-4-3-10(8)13-9;/h3-5,9,12H,2,6-7H2,1H3;1H. The molecule has 14 heavy (non-hydrogen) atoms. The molecule has 0 spiro atoms. The van der Waals surface area contributed by atoms with Crippen LogP contribution >= 0.6 is 12.4 Å². The highest BCUT2D eigenvalue weighted by atomic mass is 35.5. The molecule has 4 heteroatoms. The van der Waals surface area contributed by atoms with Gasteiger partial charge in [-0.2, -0.15) is 0 Å². The first-order chi connectivity index (χ1) is 6.40. The van der Waals surface area contributed by atoms with Crippen molar-refractivity contribution < 1.29 is 4.74 Å². The average molecular weight is 215 g/mol. The molecule has 78 valence electrons. The summed E-state index contributed by atoms with van der Waals surface area (Å²) in [5.41, 5.74) is 1.15. The largest absolute Gasteiger partial charge is 0.489 e. The predicted molar refractivity (Wildman–Crippen MR) is 57.9 cm³/mol. The number of ether oxygens (including phenoxy) is 1. The van der Waals surface area contributed by atoms with Gasteiger partial charge in [0, 0.05) is 31.0 Å². The van der Waals surface area contributed by atoms with Crippen LogP contribution in [-0.2, 0) is 6.54 Å². The normalized spacial score (nSPS) is 19.9. The molecule has 3 nitrogen and oxygen atoms in total. The molecule has 1 aromatic heterocycles. The van der Waals surface area contributed by atoms with Gasteiger partial charge < -0.3 is 10.1 Å². The maximum absolute atomic E-state index is 5.80. The van der Waals surface area contributed by atoms with Crippen LogP contribution in [0, 0.1) is 0 Å². The van der Waals surface area contributed by atoms with Gasteiger partial charge in [0.2, 0.25) is 0 Å². The van der Waals surface area contributed by atoms with Crippen LogP contribution in [0.2, 0.25) is 0 Å². The molecule has 0 aliphatic carbocycles. The van der Waals surface area contributed by atoms with E-state index >= 15 is 0 Å². The third kappa shape index (κ3) is 2.36. The van der Waals surface area contributed by atoms with Gasteiger partial charge in [-0.1, -0.05) is 6.92 Å². The Balaban J connectivity index is 0.000000980. The number of hydrogen-bond acceptors (Lipinski definition) is 3. The van der Waals surface area contributed by atoms with E-state index in [0.717, 1.165) is 30.8 Å². The fourth-order valence-electron chi connectivity index (χ4n) is 1.48. The van der Waals surface area contributed by atoms with E-state index in [0.29, 0.717) is 6.10 Å². The minimum absolute atomic E-state index is 0. The van der Waals surface area contributed by atoms with E-state index in [-0.39, 0.29) is 12.4 Å². The molecule has 0 radical (unpaired) electrons. The average Bonchev–Trinajstić information content (AvgIpc) is 2.38. The number of halogens is 1. The van der Waals surface area contributed by atoms with Gasteiger partial charge in [0.25, 0.3) is 0 Å². The minimum Gasteiger partial charge on any atom is -0.489 e. The van der Waals surface area contributed by atoms with Crippen molar-refractivity contribution in [1.82, 2.24) is 10.3 Å². The Hall–Kier alpha value is -0.800. The third-order valence-electron chi connectivity index (χ3n) is 2.30. The zero-order chi connectivity index (χ0) is 9.10. The molecular formula is C10H15ClN2O. The quantitative estimate of drug-likeness (QED) is 0.774. The first-order valence-corrected chi connectivity index (χ1v) is 4.70. The second kappa shape index (κ2) is 5.17. The summed E-state index contributed by atoms with van der Waals surface area (Å²) in [5.74, 6) is 0.979. The predicted octanol–water partition coefficient (Wildman–Crippen LogP) is 1.76. The van der Waals surface area contributed by atoms with Gasteiger partial charge in [-0.3, -0.25) is 4.98 Å². The number of rotatable bonds is 1. The smallest absolute Gasteiger partial charge is 0.127 e. The monoisotopic (exact) mass is 214 g/mol. The molecule has 1 aliphatic heterocycles. The second-order valence-electron chi connectivity index (χ2n) is 3.26. The molecule has 0 saturated heterocycles. The molecule has 1 N–H and O–H groups in total. The van der Waals surface area contributed by atoms with Crippen molar-refractivity contribution in [2.75, 3.05) is 6.54 Å². The summed E-state index contributed by atoms with van der Waals surface area (Å²) in [6.45, 7) is 3.92. The summed E-state index contributed by atoms with van der Waals surface area (Å²) < 4.78 is 5.80. The summed E-state index contributed by atoms with van der Waals surface area (Å²) >= 11 is 0. The van der Waals surface area contributed by atoms with Crippen molar-refractivity contribution in [2.45, 2.75) is 26.0 Å². The van der Waals surface area contributed by atoms with E-state index < -0.39 is 0 Å². The number of fused-ring (bicyclic) bond motifs is 1. The Bertz CT molecular complexity index is 293.